The molecule has 94 valence electrons. The van der Waals surface area contributed by atoms with Gasteiger partial charge in [-0.15, -0.1) is 0 Å². The van der Waals surface area contributed by atoms with Gasteiger partial charge in [-0.1, -0.05) is 12.1 Å². The highest BCUT2D eigenvalue weighted by atomic mass is 16.6. The van der Waals surface area contributed by atoms with Crippen molar-refractivity contribution < 1.29 is 9.84 Å². The third-order valence-electron chi connectivity index (χ3n) is 3.25. The molecule has 4 nitrogen and oxygen atoms in total. The number of hydrogen-bond donors (Lipinski definition) is 1. The third kappa shape index (κ3) is 2.97. The van der Waals surface area contributed by atoms with Gasteiger partial charge in [0.1, 0.15) is 0 Å². The van der Waals surface area contributed by atoms with Crippen molar-refractivity contribution in [3.05, 3.63) is 29.8 Å². The van der Waals surface area contributed by atoms with Crippen LogP contribution >= 0.6 is 0 Å². The average molecular weight is 236 g/mol. The fourth-order valence-electron chi connectivity index (χ4n) is 2.08. The lowest BCUT2D eigenvalue weighted by atomic mass is 10.1. The van der Waals surface area contributed by atoms with Gasteiger partial charge in [-0.25, -0.2) is 0 Å². The highest BCUT2D eigenvalue weighted by Gasteiger charge is 2.15. The number of aliphatic hydroxyl groups excluding tert-OH is 1. The van der Waals surface area contributed by atoms with Gasteiger partial charge in [-0.3, -0.25) is 0 Å². The van der Waals surface area contributed by atoms with Crippen LogP contribution in [-0.4, -0.2) is 50.3 Å². The summed E-state index contributed by atoms with van der Waals surface area (Å²) in [4.78, 5) is 4.66. The van der Waals surface area contributed by atoms with Crippen LogP contribution in [0, 0.1) is 0 Å². The molecule has 1 saturated heterocycles. The molecular formula is C13H20N2O2. The van der Waals surface area contributed by atoms with Crippen LogP contribution in [0.15, 0.2) is 24.3 Å². The number of piperazine rings is 1. The number of ether oxygens (including phenoxy) is 1. The Bertz CT molecular complexity index is 362. The van der Waals surface area contributed by atoms with E-state index in [1.807, 2.05) is 18.2 Å². The van der Waals surface area contributed by atoms with E-state index in [-0.39, 0.29) is 0 Å². The van der Waals surface area contributed by atoms with Gasteiger partial charge in [-0.2, -0.15) is 0 Å². The second kappa shape index (κ2) is 5.49. The van der Waals surface area contributed by atoms with E-state index in [0.29, 0.717) is 0 Å². The molecule has 17 heavy (non-hydrogen) atoms. The topological polar surface area (TPSA) is 35.9 Å². The minimum Gasteiger partial charge on any atom is -0.369 e. The van der Waals surface area contributed by atoms with Gasteiger partial charge < -0.3 is 19.6 Å². The van der Waals surface area contributed by atoms with Crippen LogP contribution in [0.25, 0.3) is 0 Å². The molecule has 0 bridgehead atoms. The summed E-state index contributed by atoms with van der Waals surface area (Å²) in [5.41, 5.74) is 1.97. The third-order valence-corrected chi connectivity index (χ3v) is 3.25. The fourth-order valence-corrected chi connectivity index (χ4v) is 2.08. The number of rotatable bonds is 3. The first-order valence-corrected chi connectivity index (χ1v) is 5.95. The molecule has 1 N–H and O–H groups in total. The lowest BCUT2D eigenvalue weighted by Gasteiger charge is -2.34. The van der Waals surface area contributed by atoms with E-state index in [9.17, 15) is 5.11 Å². The predicted octanol–water partition coefficient (Wildman–Crippen LogP) is 1.08. The first-order chi connectivity index (χ1) is 8.20. The van der Waals surface area contributed by atoms with Crippen LogP contribution in [0.4, 0.5) is 5.69 Å². The molecule has 2 rings (SSSR count). The first-order valence-electron chi connectivity index (χ1n) is 5.95. The van der Waals surface area contributed by atoms with E-state index in [4.69, 9.17) is 4.74 Å². The molecular weight excluding hydrogens is 216 g/mol. The fraction of sp³-hybridized carbons (Fsp3) is 0.538. The summed E-state index contributed by atoms with van der Waals surface area (Å²) in [6.45, 7) is 4.22. The van der Waals surface area contributed by atoms with E-state index in [1.165, 1.54) is 7.11 Å². The Morgan fingerprint density at radius 1 is 1.24 bits per heavy atom. The molecule has 1 fully saturated rings. The van der Waals surface area contributed by atoms with Crippen molar-refractivity contribution in [3.63, 3.8) is 0 Å². The molecule has 1 atom stereocenters. The molecule has 0 amide bonds. The zero-order valence-corrected chi connectivity index (χ0v) is 10.5. The number of methoxy groups -OCH3 is 1. The summed E-state index contributed by atoms with van der Waals surface area (Å²) < 4.78 is 4.92. The van der Waals surface area contributed by atoms with E-state index >= 15 is 0 Å². The molecule has 1 aliphatic heterocycles. The van der Waals surface area contributed by atoms with E-state index in [0.717, 1.165) is 37.4 Å². The normalized spacial score (nSPS) is 19.4. The summed E-state index contributed by atoms with van der Waals surface area (Å²) in [5.74, 6) is 0. The number of likely N-dealkylation sites (N-methyl/N-ethyl adjacent to an activating group) is 1. The van der Waals surface area contributed by atoms with Gasteiger partial charge in [0.15, 0.2) is 6.29 Å². The Labute approximate surface area is 102 Å². The quantitative estimate of drug-likeness (QED) is 0.797. The molecule has 1 aromatic carbocycles. The number of anilines is 1. The van der Waals surface area contributed by atoms with Gasteiger partial charge in [0, 0.05) is 44.5 Å². The van der Waals surface area contributed by atoms with Crippen molar-refractivity contribution in [1.82, 2.24) is 4.90 Å². The van der Waals surface area contributed by atoms with Gasteiger partial charge in [-0.05, 0) is 19.2 Å². The molecule has 1 heterocycles. The van der Waals surface area contributed by atoms with Crippen molar-refractivity contribution >= 4 is 5.69 Å². The smallest absolute Gasteiger partial charge is 0.180 e. The van der Waals surface area contributed by atoms with E-state index in [1.54, 1.807) is 0 Å². The molecule has 0 aliphatic carbocycles. The molecule has 0 radical (unpaired) electrons. The number of hydrogen-bond acceptors (Lipinski definition) is 4. The summed E-state index contributed by atoms with van der Waals surface area (Å²) in [6.07, 6.45) is -0.831. The van der Waals surface area contributed by atoms with Gasteiger partial charge in [0.05, 0.1) is 0 Å². The van der Waals surface area contributed by atoms with Crippen LogP contribution in [0.3, 0.4) is 0 Å². The highest BCUT2D eigenvalue weighted by molar-refractivity contribution is 5.49. The second-order valence-electron chi connectivity index (χ2n) is 4.47. The van der Waals surface area contributed by atoms with Crippen molar-refractivity contribution in [3.8, 4) is 0 Å². The summed E-state index contributed by atoms with van der Waals surface area (Å²) in [7, 11) is 3.65. The van der Waals surface area contributed by atoms with Crippen molar-refractivity contribution in [2.45, 2.75) is 6.29 Å². The number of aliphatic hydroxyl groups is 1. The largest absolute Gasteiger partial charge is 0.369 e. The first kappa shape index (κ1) is 12.4. The van der Waals surface area contributed by atoms with Gasteiger partial charge >= 0.3 is 0 Å². The van der Waals surface area contributed by atoms with Crippen LogP contribution in [0.2, 0.25) is 0 Å². The Kier molecular flexibility index (Phi) is 3.99. The lowest BCUT2D eigenvalue weighted by Crippen LogP contribution is -2.44. The van der Waals surface area contributed by atoms with Crippen molar-refractivity contribution in [2.24, 2.45) is 0 Å². The van der Waals surface area contributed by atoms with Crippen LogP contribution in [0.1, 0.15) is 11.9 Å². The Hall–Kier alpha value is -1.10. The molecule has 1 unspecified atom stereocenters. The maximum Gasteiger partial charge on any atom is 0.180 e. The maximum absolute atomic E-state index is 9.65. The maximum atomic E-state index is 9.65. The minimum absolute atomic E-state index is 0.809. The van der Waals surface area contributed by atoms with Crippen LogP contribution in [-0.2, 0) is 4.74 Å². The zero-order valence-electron chi connectivity index (χ0n) is 10.5. The van der Waals surface area contributed by atoms with Crippen molar-refractivity contribution in [2.75, 3.05) is 45.2 Å². The molecule has 0 saturated carbocycles. The molecule has 1 aliphatic rings. The minimum atomic E-state index is -0.831. The summed E-state index contributed by atoms with van der Waals surface area (Å²) >= 11 is 0. The summed E-state index contributed by atoms with van der Waals surface area (Å²) in [6, 6.07) is 7.93. The SMILES string of the molecule is COC(O)c1cccc(N2CCN(C)CC2)c1. The highest BCUT2D eigenvalue weighted by Crippen LogP contribution is 2.21. The van der Waals surface area contributed by atoms with Crippen LogP contribution in [0.5, 0.6) is 0 Å². The standard InChI is InChI=1S/C13H20N2O2/c1-14-6-8-15(9-7-14)12-5-3-4-11(10-12)13(16)17-2/h3-5,10,13,16H,6-9H2,1-2H3. The molecule has 1 aromatic rings. The predicted molar refractivity (Wildman–Crippen MR) is 68.1 cm³/mol. The zero-order chi connectivity index (χ0) is 12.3. The number of nitrogens with zero attached hydrogens (tertiary/aromatic N) is 2. The average Bonchev–Trinajstić information content (AvgIpc) is 2.39. The van der Waals surface area contributed by atoms with Gasteiger partial charge in [0.2, 0.25) is 0 Å². The van der Waals surface area contributed by atoms with Crippen molar-refractivity contribution in [1.29, 1.82) is 0 Å². The Morgan fingerprint density at radius 3 is 2.59 bits per heavy atom. The van der Waals surface area contributed by atoms with Gasteiger partial charge in [0.25, 0.3) is 0 Å². The monoisotopic (exact) mass is 236 g/mol. The van der Waals surface area contributed by atoms with E-state index < -0.39 is 6.29 Å². The lowest BCUT2D eigenvalue weighted by molar-refractivity contribution is -0.0769. The molecule has 0 aromatic heterocycles. The van der Waals surface area contributed by atoms with E-state index in [2.05, 4.69) is 22.9 Å². The Balaban J connectivity index is 2.10. The molecule has 0 spiro atoms. The second-order valence-corrected chi connectivity index (χ2v) is 4.47. The van der Waals surface area contributed by atoms with Crippen LogP contribution < -0.4 is 4.90 Å². The Morgan fingerprint density at radius 2 is 1.94 bits per heavy atom. The molecule has 4 heteroatoms. The summed E-state index contributed by atoms with van der Waals surface area (Å²) in [5, 5.41) is 9.65. The number of benzene rings is 1.